The summed E-state index contributed by atoms with van der Waals surface area (Å²) in [4.78, 5) is 4.17. The molecule has 0 atom stereocenters. The van der Waals surface area contributed by atoms with Crippen LogP contribution < -0.4 is 5.73 Å². The molecule has 1 heterocycles. The Morgan fingerprint density at radius 1 is 1.57 bits per heavy atom. The smallest absolute Gasteiger partial charge is 0.144 e. The molecule has 0 unspecified atom stereocenters. The van der Waals surface area contributed by atoms with E-state index in [1.54, 1.807) is 13.3 Å². The van der Waals surface area contributed by atoms with E-state index in [4.69, 9.17) is 14.9 Å². The Bertz CT molecular complexity index is 281. The van der Waals surface area contributed by atoms with Gasteiger partial charge in [0.1, 0.15) is 18.1 Å². The molecule has 0 fully saturated rings. The summed E-state index contributed by atoms with van der Waals surface area (Å²) >= 11 is 0. The van der Waals surface area contributed by atoms with Gasteiger partial charge < -0.3 is 14.9 Å². The molecule has 0 amide bonds. The van der Waals surface area contributed by atoms with Gasteiger partial charge in [-0.1, -0.05) is 0 Å². The Kier molecular flexibility index (Phi) is 4.96. The molecule has 4 nitrogen and oxygen atoms in total. The molecule has 0 aliphatic carbocycles. The summed E-state index contributed by atoms with van der Waals surface area (Å²) in [5, 5.41) is 0. The number of hydrogen-bond donors (Lipinski definition) is 1. The van der Waals surface area contributed by atoms with Crippen LogP contribution in [0.4, 0.5) is 0 Å². The zero-order valence-corrected chi connectivity index (χ0v) is 8.40. The van der Waals surface area contributed by atoms with Gasteiger partial charge >= 0.3 is 0 Å². The third kappa shape index (κ3) is 3.72. The molecule has 2 N–H and O–H groups in total. The van der Waals surface area contributed by atoms with Crippen molar-refractivity contribution in [3.63, 3.8) is 0 Å². The number of hydrogen-bond acceptors (Lipinski definition) is 4. The van der Waals surface area contributed by atoms with E-state index in [0.29, 0.717) is 13.2 Å². The van der Waals surface area contributed by atoms with Crippen molar-refractivity contribution in [3.8, 4) is 0 Å². The van der Waals surface area contributed by atoms with Crippen LogP contribution in [-0.4, -0.2) is 26.4 Å². The molecule has 1 rings (SSSR count). The average Bonchev–Trinajstić information content (AvgIpc) is 2.61. The lowest BCUT2D eigenvalue weighted by Crippen LogP contribution is -1.99. The molecular weight excluding hydrogens is 180 g/mol. The van der Waals surface area contributed by atoms with Crippen molar-refractivity contribution in [1.82, 2.24) is 0 Å². The Morgan fingerprint density at radius 3 is 3.14 bits per heavy atom. The second kappa shape index (κ2) is 6.34. The summed E-state index contributed by atoms with van der Waals surface area (Å²) in [6, 6.07) is 3.76. The Hall–Kier alpha value is -1.13. The van der Waals surface area contributed by atoms with Gasteiger partial charge in [0.25, 0.3) is 0 Å². The fourth-order valence-corrected chi connectivity index (χ4v) is 1.02. The molecule has 4 heteroatoms. The first-order valence-corrected chi connectivity index (χ1v) is 4.64. The van der Waals surface area contributed by atoms with E-state index in [1.165, 1.54) is 0 Å². The minimum atomic E-state index is 0.497. The lowest BCUT2D eigenvalue weighted by molar-refractivity contribution is 0.164. The van der Waals surface area contributed by atoms with Crippen molar-refractivity contribution >= 4 is 6.21 Å². The van der Waals surface area contributed by atoms with Crippen LogP contribution in [0.5, 0.6) is 0 Å². The van der Waals surface area contributed by atoms with Crippen molar-refractivity contribution < 1.29 is 9.15 Å². The van der Waals surface area contributed by atoms with Crippen molar-refractivity contribution in [3.05, 3.63) is 23.7 Å². The van der Waals surface area contributed by atoms with Gasteiger partial charge in [0.05, 0.1) is 6.21 Å². The summed E-state index contributed by atoms with van der Waals surface area (Å²) in [5.74, 6) is 1.57. The van der Waals surface area contributed by atoms with Gasteiger partial charge in [0.15, 0.2) is 0 Å². The van der Waals surface area contributed by atoms with Crippen molar-refractivity contribution in [1.29, 1.82) is 0 Å². The number of nitrogens with two attached hydrogens (primary N) is 1. The molecule has 1 aromatic rings. The standard InChI is InChI=1S/C10H16N2O2/c1-13-8-10-4-3-9(14-10)7-12-6-2-5-11/h3-4,7H,2,5-6,8,11H2,1H3. The quantitative estimate of drug-likeness (QED) is 0.549. The van der Waals surface area contributed by atoms with E-state index >= 15 is 0 Å². The summed E-state index contributed by atoms with van der Waals surface area (Å²) in [7, 11) is 1.64. The van der Waals surface area contributed by atoms with Crippen LogP contribution in [0.3, 0.4) is 0 Å². The van der Waals surface area contributed by atoms with E-state index in [0.717, 1.165) is 24.5 Å². The molecule has 0 saturated heterocycles. The third-order valence-corrected chi connectivity index (χ3v) is 1.68. The van der Waals surface area contributed by atoms with E-state index < -0.39 is 0 Å². The number of furan rings is 1. The summed E-state index contributed by atoms with van der Waals surface area (Å²) < 4.78 is 10.3. The second-order valence-electron chi connectivity index (χ2n) is 2.91. The first kappa shape index (κ1) is 10.9. The van der Waals surface area contributed by atoms with Crippen LogP contribution in [0.15, 0.2) is 21.5 Å². The highest BCUT2D eigenvalue weighted by Crippen LogP contribution is 2.06. The van der Waals surface area contributed by atoms with Gasteiger partial charge in [0.2, 0.25) is 0 Å². The number of ether oxygens (including phenoxy) is 1. The van der Waals surface area contributed by atoms with Crippen molar-refractivity contribution in [2.24, 2.45) is 10.7 Å². The zero-order chi connectivity index (χ0) is 10.2. The van der Waals surface area contributed by atoms with Crippen LogP contribution >= 0.6 is 0 Å². The largest absolute Gasteiger partial charge is 0.458 e. The maximum absolute atomic E-state index is 5.40. The summed E-state index contributed by atoms with van der Waals surface area (Å²) in [5.41, 5.74) is 5.34. The summed E-state index contributed by atoms with van der Waals surface area (Å²) in [6.07, 6.45) is 2.62. The topological polar surface area (TPSA) is 60.8 Å². The summed E-state index contributed by atoms with van der Waals surface area (Å²) in [6.45, 7) is 1.91. The molecule has 0 aromatic carbocycles. The van der Waals surface area contributed by atoms with E-state index in [2.05, 4.69) is 4.99 Å². The fraction of sp³-hybridized carbons (Fsp3) is 0.500. The number of methoxy groups -OCH3 is 1. The van der Waals surface area contributed by atoms with Crippen LogP contribution in [-0.2, 0) is 11.3 Å². The first-order valence-electron chi connectivity index (χ1n) is 4.64. The number of nitrogens with zero attached hydrogens (tertiary/aromatic N) is 1. The Labute approximate surface area is 83.8 Å². The lowest BCUT2D eigenvalue weighted by atomic mass is 10.4. The van der Waals surface area contributed by atoms with Crippen LogP contribution in [0.1, 0.15) is 17.9 Å². The van der Waals surface area contributed by atoms with Crippen molar-refractivity contribution in [2.75, 3.05) is 20.2 Å². The van der Waals surface area contributed by atoms with Crippen molar-refractivity contribution in [2.45, 2.75) is 13.0 Å². The molecule has 14 heavy (non-hydrogen) atoms. The van der Waals surface area contributed by atoms with Gasteiger partial charge in [-0.05, 0) is 25.1 Å². The average molecular weight is 196 g/mol. The maximum Gasteiger partial charge on any atom is 0.144 e. The molecule has 0 aliphatic heterocycles. The molecular formula is C10H16N2O2. The molecule has 0 radical (unpaired) electrons. The van der Waals surface area contributed by atoms with Gasteiger partial charge in [-0.15, -0.1) is 0 Å². The molecule has 0 aliphatic rings. The number of aliphatic imine (C=N–C) groups is 1. The predicted octanol–water partition coefficient (Wildman–Crippen LogP) is 1.19. The normalized spacial score (nSPS) is 11.3. The van der Waals surface area contributed by atoms with Crippen LogP contribution in [0.2, 0.25) is 0 Å². The van der Waals surface area contributed by atoms with Crippen LogP contribution in [0.25, 0.3) is 0 Å². The van der Waals surface area contributed by atoms with Gasteiger partial charge in [-0.3, -0.25) is 4.99 Å². The zero-order valence-electron chi connectivity index (χ0n) is 8.40. The maximum atomic E-state index is 5.40. The SMILES string of the molecule is COCc1ccc(C=NCCCN)o1. The molecule has 0 saturated carbocycles. The minimum Gasteiger partial charge on any atom is -0.458 e. The highest BCUT2D eigenvalue weighted by Gasteiger charge is 1.97. The van der Waals surface area contributed by atoms with E-state index in [9.17, 15) is 0 Å². The molecule has 0 spiro atoms. The van der Waals surface area contributed by atoms with Gasteiger partial charge in [0, 0.05) is 13.7 Å². The highest BCUT2D eigenvalue weighted by atomic mass is 16.5. The third-order valence-electron chi connectivity index (χ3n) is 1.68. The minimum absolute atomic E-state index is 0.497. The van der Waals surface area contributed by atoms with Gasteiger partial charge in [-0.25, -0.2) is 0 Å². The Balaban J connectivity index is 2.38. The van der Waals surface area contributed by atoms with E-state index in [-0.39, 0.29) is 0 Å². The molecule has 0 bridgehead atoms. The lowest BCUT2D eigenvalue weighted by Gasteiger charge is -1.91. The second-order valence-corrected chi connectivity index (χ2v) is 2.91. The predicted molar refractivity (Wildman–Crippen MR) is 55.6 cm³/mol. The van der Waals surface area contributed by atoms with Crippen LogP contribution in [0, 0.1) is 0 Å². The Morgan fingerprint density at radius 2 is 2.43 bits per heavy atom. The van der Waals surface area contributed by atoms with Gasteiger partial charge in [-0.2, -0.15) is 0 Å². The molecule has 78 valence electrons. The van der Waals surface area contributed by atoms with E-state index in [1.807, 2.05) is 12.1 Å². The fourth-order valence-electron chi connectivity index (χ4n) is 1.02. The first-order chi connectivity index (χ1) is 6.86. The monoisotopic (exact) mass is 196 g/mol. The molecule has 1 aromatic heterocycles. The highest BCUT2D eigenvalue weighted by molar-refractivity contribution is 5.75. The number of rotatable bonds is 6.